The third-order valence-electron chi connectivity index (χ3n) is 2.01. The van der Waals surface area contributed by atoms with Crippen LogP contribution < -0.4 is 5.32 Å². The molecule has 0 aliphatic carbocycles. The summed E-state index contributed by atoms with van der Waals surface area (Å²) in [5.74, 6) is -0.486. The SMILES string of the molecule is O=C(Nc1cncnc1)c1ccc([N+](=O)[O-])cn1. The van der Waals surface area contributed by atoms with Crippen LogP contribution in [0.4, 0.5) is 11.4 Å². The largest absolute Gasteiger partial charge is 0.318 e. The van der Waals surface area contributed by atoms with Crippen LogP contribution in [0, 0.1) is 10.1 Å². The van der Waals surface area contributed by atoms with E-state index >= 15 is 0 Å². The van der Waals surface area contributed by atoms with E-state index in [0.29, 0.717) is 5.69 Å². The lowest BCUT2D eigenvalue weighted by Gasteiger charge is -2.02. The summed E-state index contributed by atoms with van der Waals surface area (Å²) >= 11 is 0. The normalized spacial score (nSPS) is 9.78. The van der Waals surface area contributed by atoms with E-state index in [-0.39, 0.29) is 11.4 Å². The molecular weight excluding hydrogens is 238 g/mol. The number of hydrogen-bond donors (Lipinski definition) is 1. The van der Waals surface area contributed by atoms with E-state index in [2.05, 4.69) is 20.3 Å². The molecule has 18 heavy (non-hydrogen) atoms. The van der Waals surface area contributed by atoms with Gasteiger partial charge in [0.2, 0.25) is 0 Å². The molecule has 0 unspecified atom stereocenters. The van der Waals surface area contributed by atoms with Crippen molar-refractivity contribution in [3.63, 3.8) is 0 Å². The minimum absolute atomic E-state index is 0.0736. The fourth-order valence-corrected chi connectivity index (χ4v) is 1.19. The van der Waals surface area contributed by atoms with Crippen molar-refractivity contribution in [3.05, 3.63) is 52.9 Å². The molecule has 2 heterocycles. The summed E-state index contributed by atoms with van der Waals surface area (Å²) < 4.78 is 0. The number of anilines is 1. The molecule has 2 aromatic rings. The van der Waals surface area contributed by atoms with E-state index in [0.717, 1.165) is 6.20 Å². The number of nitro groups is 1. The van der Waals surface area contributed by atoms with Crippen LogP contribution in [0.15, 0.2) is 37.1 Å². The average Bonchev–Trinajstić information content (AvgIpc) is 2.40. The van der Waals surface area contributed by atoms with Crippen LogP contribution in [0.25, 0.3) is 0 Å². The second-order valence-corrected chi connectivity index (χ2v) is 3.24. The highest BCUT2D eigenvalue weighted by molar-refractivity contribution is 6.02. The van der Waals surface area contributed by atoms with Gasteiger partial charge in [0, 0.05) is 6.07 Å². The Hall–Kier alpha value is -2.90. The standard InChI is InChI=1S/C10H7N5O3/c16-10(14-7-3-11-6-12-4-7)9-2-1-8(5-13-9)15(17)18/h1-6H,(H,14,16). The first kappa shape index (κ1) is 11.6. The third-order valence-corrected chi connectivity index (χ3v) is 2.01. The molecule has 0 atom stereocenters. The van der Waals surface area contributed by atoms with Crippen molar-refractivity contribution in [1.29, 1.82) is 0 Å². The number of nitrogens with one attached hydrogen (secondary N) is 1. The fraction of sp³-hybridized carbons (Fsp3) is 0. The lowest BCUT2D eigenvalue weighted by atomic mass is 10.3. The Kier molecular flexibility index (Phi) is 3.19. The van der Waals surface area contributed by atoms with E-state index < -0.39 is 10.8 Å². The zero-order valence-electron chi connectivity index (χ0n) is 8.98. The van der Waals surface area contributed by atoms with Crippen molar-refractivity contribution in [1.82, 2.24) is 15.0 Å². The molecule has 0 radical (unpaired) electrons. The van der Waals surface area contributed by atoms with Gasteiger partial charge in [-0.2, -0.15) is 0 Å². The Bertz CT molecular complexity index is 570. The second-order valence-electron chi connectivity index (χ2n) is 3.24. The predicted octanol–water partition coefficient (Wildman–Crippen LogP) is 1.03. The summed E-state index contributed by atoms with van der Waals surface area (Å²) in [5.41, 5.74) is 0.321. The molecule has 90 valence electrons. The molecule has 0 saturated carbocycles. The van der Waals surface area contributed by atoms with E-state index in [4.69, 9.17) is 0 Å². The number of amides is 1. The van der Waals surface area contributed by atoms with E-state index in [1.807, 2.05) is 0 Å². The zero-order chi connectivity index (χ0) is 13.0. The first-order valence-corrected chi connectivity index (χ1v) is 4.83. The maximum Gasteiger partial charge on any atom is 0.287 e. The van der Waals surface area contributed by atoms with Gasteiger partial charge in [-0.15, -0.1) is 0 Å². The van der Waals surface area contributed by atoms with E-state index in [1.54, 1.807) is 0 Å². The number of pyridine rings is 1. The van der Waals surface area contributed by atoms with Crippen molar-refractivity contribution in [2.45, 2.75) is 0 Å². The summed E-state index contributed by atoms with van der Waals surface area (Å²) in [4.78, 5) is 32.7. The van der Waals surface area contributed by atoms with Gasteiger partial charge >= 0.3 is 0 Å². The van der Waals surface area contributed by atoms with Crippen LogP contribution >= 0.6 is 0 Å². The summed E-state index contributed by atoms with van der Waals surface area (Å²) in [7, 11) is 0. The van der Waals surface area contributed by atoms with Crippen molar-refractivity contribution in [2.24, 2.45) is 0 Å². The van der Waals surface area contributed by atoms with Gasteiger partial charge in [-0.05, 0) is 6.07 Å². The Morgan fingerprint density at radius 3 is 2.50 bits per heavy atom. The van der Waals surface area contributed by atoms with Crippen LogP contribution in [0.2, 0.25) is 0 Å². The number of carbonyl (C=O) groups excluding carboxylic acids is 1. The lowest BCUT2D eigenvalue weighted by molar-refractivity contribution is -0.385. The summed E-state index contributed by atoms with van der Waals surface area (Å²) in [5, 5.41) is 12.9. The molecule has 0 fully saturated rings. The maximum atomic E-state index is 11.7. The average molecular weight is 245 g/mol. The lowest BCUT2D eigenvalue weighted by Crippen LogP contribution is -2.13. The van der Waals surface area contributed by atoms with Gasteiger partial charge in [-0.3, -0.25) is 14.9 Å². The zero-order valence-corrected chi connectivity index (χ0v) is 8.98. The van der Waals surface area contributed by atoms with Gasteiger partial charge in [0.15, 0.2) is 0 Å². The highest BCUT2D eigenvalue weighted by Gasteiger charge is 2.11. The quantitative estimate of drug-likeness (QED) is 0.638. The number of aromatic nitrogens is 3. The van der Waals surface area contributed by atoms with Crippen molar-refractivity contribution in [2.75, 3.05) is 5.32 Å². The first-order valence-electron chi connectivity index (χ1n) is 4.83. The molecule has 0 bridgehead atoms. The Morgan fingerprint density at radius 1 is 1.22 bits per heavy atom. The molecular formula is C10H7N5O3. The molecule has 8 nitrogen and oxygen atoms in total. The second kappa shape index (κ2) is 4.95. The molecule has 0 aromatic carbocycles. The smallest absolute Gasteiger partial charge is 0.287 e. The maximum absolute atomic E-state index is 11.7. The molecule has 2 aromatic heterocycles. The molecule has 1 N–H and O–H groups in total. The molecule has 0 aliphatic heterocycles. The van der Waals surface area contributed by atoms with Gasteiger partial charge in [0.25, 0.3) is 11.6 Å². The Morgan fingerprint density at radius 2 is 1.94 bits per heavy atom. The first-order chi connectivity index (χ1) is 8.66. The van der Waals surface area contributed by atoms with Crippen LogP contribution in [0.5, 0.6) is 0 Å². The monoisotopic (exact) mass is 245 g/mol. The Labute approximate surface area is 101 Å². The fourth-order valence-electron chi connectivity index (χ4n) is 1.19. The van der Waals surface area contributed by atoms with Crippen LogP contribution in [0.1, 0.15) is 10.5 Å². The summed E-state index contributed by atoms with van der Waals surface area (Å²) in [6.45, 7) is 0. The van der Waals surface area contributed by atoms with Gasteiger partial charge in [0.05, 0.1) is 23.0 Å². The minimum Gasteiger partial charge on any atom is -0.318 e. The Balaban J connectivity index is 2.12. The molecule has 0 aliphatic rings. The van der Waals surface area contributed by atoms with E-state index in [1.165, 1.54) is 30.9 Å². The minimum atomic E-state index is -0.584. The molecule has 1 amide bonds. The number of carbonyl (C=O) groups is 1. The van der Waals surface area contributed by atoms with Gasteiger partial charge in [0.1, 0.15) is 18.2 Å². The third kappa shape index (κ3) is 2.61. The highest BCUT2D eigenvalue weighted by atomic mass is 16.6. The van der Waals surface area contributed by atoms with Crippen molar-refractivity contribution in [3.8, 4) is 0 Å². The van der Waals surface area contributed by atoms with Gasteiger partial charge < -0.3 is 5.32 Å². The van der Waals surface area contributed by atoms with Crippen LogP contribution in [-0.4, -0.2) is 25.8 Å². The predicted molar refractivity (Wildman–Crippen MR) is 60.9 cm³/mol. The summed E-state index contributed by atoms with van der Waals surface area (Å²) in [6, 6.07) is 2.49. The van der Waals surface area contributed by atoms with Crippen molar-refractivity contribution < 1.29 is 9.72 Å². The molecule has 8 heteroatoms. The molecule has 2 rings (SSSR count). The van der Waals surface area contributed by atoms with Gasteiger partial charge in [-0.25, -0.2) is 15.0 Å². The van der Waals surface area contributed by atoms with Gasteiger partial charge in [-0.1, -0.05) is 0 Å². The molecule has 0 saturated heterocycles. The van der Waals surface area contributed by atoms with E-state index in [9.17, 15) is 14.9 Å². The highest BCUT2D eigenvalue weighted by Crippen LogP contribution is 2.10. The van der Waals surface area contributed by atoms with Crippen LogP contribution in [-0.2, 0) is 0 Å². The number of nitrogens with zero attached hydrogens (tertiary/aromatic N) is 4. The molecule has 0 spiro atoms. The topological polar surface area (TPSA) is 111 Å². The number of hydrogen-bond acceptors (Lipinski definition) is 6. The van der Waals surface area contributed by atoms with Crippen molar-refractivity contribution >= 4 is 17.3 Å². The summed E-state index contributed by atoms with van der Waals surface area (Å²) in [6.07, 6.45) is 5.21. The van der Waals surface area contributed by atoms with Crippen LogP contribution in [0.3, 0.4) is 0 Å². The number of rotatable bonds is 3.